The van der Waals surface area contributed by atoms with E-state index in [0.717, 1.165) is 36.0 Å². The summed E-state index contributed by atoms with van der Waals surface area (Å²) < 4.78 is 0. The van der Waals surface area contributed by atoms with Crippen LogP contribution in [0.4, 0.5) is 0 Å². The third kappa shape index (κ3) is 2.63. The number of carbonyl (C=O) groups excluding carboxylic acids is 1. The van der Waals surface area contributed by atoms with Gasteiger partial charge in [0.1, 0.15) is 0 Å². The second-order valence-electron chi connectivity index (χ2n) is 5.09. The molecule has 0 saturated carbocycles. The molecule has 1 saturated heterocycles. The number of nitrogens with one attached hydrogen (secondary N) is 3. The summed E-state index contributed by atoms with van der Waals surface area (Å²) in [4.78, 5) is 15.3. The molecule has 1 fully saturated rings. The standard InChI is InChI=1S/C15H19N3O/c19-15(18-10-7-12-4-2-8-16-12)13-5-1-3-11-6-9-17-14(11)13/h1,3,5-6,9,12,16-17H,2,4,7-8,10H2,(H,18,19)/t12-/m1/s1. The first-order valence-electron chi connectivity index (χ1n) is 6.92. The Balaban J connectivity index is 1.62. The molecule has 2 heterocycles. The fourth-order valence-electron chi connectivity index (χ4n) is 2.73. The van der Waals surface area contributed by atoms with Crippen molar-refractivity contribution in [1.29, 1.82) is 0 Å². The predicted octanol–water partition coefficient (Wildman–Crippen LogP) is 2.04. The Morgan fingerprint density at radius 1 is 1.37 bits per heavy atom. The van der Waals surface area contributed by atoms with Crippen molar-refractivity contribution in [2.24, 2.45) is 0 Å². The fourth-order valence-corrected chi connectivity index (χ4v) is 2.73. The summed E-state index contributed by atoms with van der Waals surface area (Å²) in [5, 5.41) is 7.52. The fraction of sp³-hybridized carbons (Fsp3) is 0.400. The van der Waals surface area contributed by atoms with Gasteiger partial charge in [-0.3, -0.25) is 4.79 Å². The van der Waals surface area contributed by atoms with Crippen LogP contribution in [0.1, 0.15) is 29.6 Å². The molecule has 2 aromatic rings. The Hall–Kier alpha value is -1.81. The predicted molar refractivity (Wildman–Crippen MR) is 76.3 cm³/mol. The molecule has 3 rings (SSSR count). The second kappa shape index (κ2) is 5.45. The molecule has 1 aliphatic heterocycles. The van der Waals surface area contributed by atoms with E-state index in [4.69, 9.17) is 0 Å². The molecule has 19 heavy (non-hydrogen) atoms. The molecule has 1 amide bonds. The minimum absolute atomic E-state index is 0.00560. The van der Waals surface area contributed by atoms with Gasteiger partial charge in [-0.25, -0.2) is 0 Å². The summed E-state index contributed by atoms with van der Waals surface area (Å²) in [6.45, 7) is 1.84. The van der Waals surface area contributed by atoms with Crippen molar-refractivity contribution in [1.82, 2.24) is 15.6 Å². The van der Waals surface area contributed by atoms with E-state index in [-0.39, 0.29) is 5.91 Å². The van der Waals surface area contributed by atoms with Crippen LogP contribution in [0, 0.1) is 0 Å². The van der Waals surface area contributed by atoms with E-state index in [1.807, 2.05) is 30.5 Å². The van der Waals surface area contributed by atoms with Gasteiger partial charge in [0.25, 0.3) is 5.91 Å². The molecule has 0 aliphatic carbocycles. The quantitative estimate of drug-likeness (QED) is 0.785. The van der Waals surface area contributed by atoms with E-state index in [0.29, 0.717) is 6.04 Å². The van der Waals surface area contributed by atoms with Crippen molar-refractivity contribution in [2.45, 2.75) is 25.3 Å². The van der Waals surface area contributed by atoms with E-state index < -0.39 is 0 Å². The molecule has 0 bridgehead atoms. The number of hydrogen-bond donors (Lipinski definition) is 3. The maximum absolute atomic E-state index is 12.2. The van der Waals surface area contributed by atoms with Gasteiger partial charge in [-0.1, -0.05) is 12.1 Å². The zero-order chi connectivity index (χ0) is 13.1. The number of aromatic amines is 1. The number of rotatable bonds is 4. The van der Waals surface area contributed by atoms with Crippen molar-refractivity contribution < 1.29 is 4.79 Å². The van der Waals surface area contributed by atoms with E-state index in [9.17, 15) is 4.79 Å². The lowest BCUT2D eigenvalue weighted by Crippen LogP contribution is -2.30. The van der Waals surface area contributed by atoms with Crippen molar-refractivity contribution in [2.75, 3.05) is 13.1 Å². The highest BCUT2D eigenvalue weighted by Gasteiger charge is 2.15. The molecular weight excluding hydrogens is 238 g/mol. The van der Waals surface area contributed by atoms with Crippen LogP contribution in [-0.2, 0) is 0 Å². The number of carbonyl (C=O) groups is 1. The van der Waals surface area contributed by atoms with Crippen LogP contribution >= 0.6 is 0 Å². The molecule has 0 spiro atoms. The Morgan fingerprint density at radius 3 is 3.16 bits per heavy atom. The molecule has 1 aliphatic rings. The van der Waals surface area contributed by atoms with Gasteiger partial charge in [0.2, 0.25) is 0 Å². The summed E-state index contributed by atoms with van der Waals surface area (Å²) in [6, 6.07) is 8.34. The number of hydrogen-bond acceptors (Lipinski definition) is 2. The average molecular weight is 257 g/mol. The Bertz CT molecular complexity index is 570. The van der Waals surface area contributed by atoms with Gasteiger partial charge >= 0.3 is 0 Å². The molecule has 1 atom stereocenters. The molecule has 4 nitrogen and oxygen atoms in total. The van der Waals surface area contributed by atoms with Gasteiger partial charge in [0, 0.05) is 24.2 Å². The SMILES string of the molecule is O=C(NCC[C@H]1CCCN1)c1cccc2cc[nH]c12. The van der Waals surface area contributed by atoms with E-state index in [1.54, 1.807) is 0 Å². The number of aromatic nitrogens is 1. The lowest BCUT2D eigenvalue weighted by molar-refractivity contribution is 0.0954. The number of amides is 1. The van der Waals surface area contributed by atoms with Crippen LogP contribution in [0.3, 0.4) is 0 Å². The van der Waals surface area contributed by atoms with Crippen LogP contribution < -0.4 is 10.6 Å². The molecule has 1 aromatic heterocycles. The second-order valence-corrected chi connectivity index (χ2v) is 5.09. The summed E-state index contributed by atoms with van der Waals surface area (Å²) in [7, 11) is 0. The summed E-state index contributed by atoms with van der Waals surface area (Å²) in [6.07, 6.45) is 5.35. The highest BCUT2D eigenvalue weighted by Crippen LogP contribution is 2.16. The lowest BCUT2D eigenvalue weighted by atomic mass is 10.1. The van der Waals surface area contributed by atoms with Gasteiger partial charge in [-0.15, -0.1) is 0 Å². The van der Waals surface area contributed by atoms with Crippen molar-refractivity contribution in [3.63, 3.8) is 0 Å². The third-order valence-electron chi connectivity index (χ3n) is 3.77. The van der Waals surface area contributed by atoms with Crippen LogP contribution in [0.2, 0.25) is 0 Å². The van der Waals surface area contributed by atoms with Gasteiger partial charge in [0.15, 0.2) is 0 Å². The molecular formula is C15H19N3O. The summed E-state index contributed by atoms with van der Waals surface area (Å²) >= 11 is 0. The first-order valence-corrected chi connectivity index (χ1v) is 6.92. The van der Waals surface area contributed by atoms with Gasteiger partial charge in [0.05, 0.1) is 11.1 Å². The van der Waals surface area contributed by atoms with Crippen LogP contribution in [0.15, 0.2) is 30.5 Å². The summed E-state index contributed by atoms with van der Waals surface area (Å²) in [5.41, 5.74) is 1.64. The maximum atomic E-state index is 12.2. The zero-order valence-corrected chi connectivity index (χ0v) is 10.9. The molecule has 0 unspecified atom stereocenters. The van der Waals surface area contributed by atoms with Crippen LogP contribution in [0.25, 0.3) is 10.9 Å². The normalized spacial score (nSPS) is 18.8. The maximum Gasteiger partial charge on any atom is 0.253 e. The minimum Gasteiger partial charge on any atom is -0.361 e. The Kier molecular flexibility index (Phi) is 3.51. The van der Waals surface area contributed by atoms with Gasteiger partial charge in [-0.2, -0.15) is 0 Å². The highest BCUT2D eigenvalue weighted by molar-refractivity contribution is 6.05. The molecule has 0 radical (unpaired) electrons. The molecule has 3 N–H and O–H groups in total. The Labute approximate surface area is 112 Å². The highest BCUT2D eigenvalue weighted by atomic mass is 16.1. The van der Waals surface area contributed by atoms with Crippen LogP contribution in [-0.4, -0.2) is 30.0 Å². The van der Waals surface area contributed by atoms with Crippen LogP contribution in [0.5, 0.6) is 0 Å². The Morgan fingerprint density at radius 2 is 2.32 bits per heavy atom. The van der Waals surface area contributed by atoms with Gasteiger partial charge in [-0.05, 0) is 37.9 Å². The minimum atomic E-state index is 0.00560. The monoisotopic (exact) mass is 257 g/mol. The zero-order valence-electron chi connectivity index (χ0n) is 10.9. The topological polar surface area (TPSA) is 56.9 Å². The number of fused-ring (bicyclic) bond motifs is 1. The number of H-pyrrole nitrogens is 1. The smallest absolute Gasteiger partial charge is 0.253 e. The average Bonchev–Trinajstić information content (AvgIpc) is 3.08. The lowest BCUT2D eigenvalue weighted by Gasteiger charge is -2.11. The molecule has 1 aromatic carbocycles. The third-order valence-corrected chi connectivity index (χ3v) is 3.77. The first kappa shape index (κ1) is 12.2. The number of benzene rings is 1. The van der Waals surface area contributed by atoms with E-state index in [2.05, 4.69) is 15.6 Å². The number of para-hydroxylation sites is 1. The van der Waals surface area contributed by atoms with Crippen molar-refractivity contribution in [3.8, 4) is 0 Å². The largest absolute Gasteiger partial charge is 0.361 e. The van der Waals surface area contributed by atoms with Crippen molar-refractivity contribution in [3.05, 3.63) is 36.0 Å². The summed E-state index contributed by atoms with van der Waals surface area (Å²) in [5.74, 6) is 0.00560. The van der Waals surface area contributed by atoms with E-state index >= 15 is 0 Å². The van der Waals surface area contributed by atoms with E-state index in [1.165, 1.54) is 12.8 Å². The first-order chi connectivity index (χ1) is 9.34. The molecule has 100 valence electrons. The van der Waals surface area contributed by atoms with Gasteiger partial charge < -0.3 is 15.6 Å². The van der Waals surface area contributed by atoms with Crippen molar-refractivity contribution >= 4 is 16.8 Å². The molecule has 4 heteroatoms.